The number of ether oxygens (including phenoxy) is 1. The lowest BCUT2D eigenvalue weighted by Gasteiger charge is -2.42. The number of rotatable bonds is 10. The molecule has 1 aliphatic carbocycles. The van der Waals surface area contributed by atoms with E-state index in [1.165, 1.54) is 12.8 Å². The average molecular weight is 541 g/mol. The van der Waals surface area contributed by atoms with Crippen LogP contribution in [0.4, 0.5) is 10.5 Å². The first-order chi connectivity index (χ1) is 18.5. The van der Waals surface area contributed by atoms with Crippen molar-refractivity contribution in [2.45, 2.75) is 71.9 Å². The number of nitrogens with one attached hydrogen (secondary N) is 2. The number of carbonyl (C=O) groups excluding carboxylic acids is 3. The van der Waals surface area contributed by atoms with Gasteiger partial charge in [-0.25, -0.2) is 9.78 Å². The van der Waals surface area contributed by atoms with E-state index < -0.39 is 5.60 Å². The summed E-state index contributed by atoms with van der Waals surface area (Å²) in [7, 11) is 0. The number of carbonyl (C=O) groups is 3. The third kappa shape index (κ3) is 7.71. The molecule has 2 N–H and O–H groups in total. The fourth-order valence-corrected chi connectivity index (χ4v) is 5.78. The molecule has 1 saturated heterocycles. The molecule has 3 heterocycles. The summed E-state index contributed by atoms with van der Waals surface area (Å²) >= 11 is 0. The van der Waals surface area contributed by atoms with Crippen molar-refractivity contribution in [2.24, 2.45) is 11.8 Å². The van der Waals surface area contributed by atoms with Crippen molar-refractivity contribution < 1.29 is 19.1 Å². The minimum atomic E-state index is -0.453. The maximum Gasteiger partial charge on any atom is 0.410 e. The minimum absolute atomic E-state index is 0.152. The van der Waals surface area contributed by atoms with Crippen molar-refractivity contribution in [3.05, 3.63) is 24.0 Å². The highest BCUT2D eigenvalue weighted by molar-refractivity contribution is 5.93. The predicted molar refractivity (Wildman–Crippen MR) is 152 cm³/mol. The fraction of sp³-hybridized carbons (Fsp3) is 0.655. The van der Waals surface area contributed by atoms with Gasteiger partial charge in [-0.2, -0.15) is 0 Å². The summed E-state index contributed by atoms with van der Waals surface area (Å²) in [5.74, 6) is 1.29. The Morgan fingerprint density at radius 3 is 2.56 bits per heavy atom. The van der Waals surface area contributed by atoms with Crippen molar-refractivity contribution in [3.63, 3.8) is 0 Å². The van der Waals surface area contributed by atoms with E-state index in [4.69, 9.17) is 4.74 Å². The Kier molecular flexibility index (Phi) is 9.15. The van der Waals surface area contributed by atoms with Gasteiger partial charge in [-0.3, -0.25) is 14.5 Å². The van der Waals surface area contributed by atoms with Crippen LogP contribution in [-0.4, -0.2) is 82.6 Å². The molecular weight excluding hydrogens is 496 g/mol. The standard InChI is InChI=1S/C29H44N6O4/c1-20-17-35(27-25(20)15-24(16-31-27)32-26(37)6-7-30-19-36)21(2)12-22-13-23(14-22)18-33-8-10-34(11-9-33)28(38)39-29(3,4)5/h15-17,19,21-23H,6-14,18H2,1-5H3,(H,30,36)(H,32,37). The van der Waals surface area contributed by atoms with E-state index in [1.54, 1.807) is 6.20 Å². The molecule has 1 aliphatic heterocycles. The number of piperazine rings is 1. The highest BCUT2D eigenvalue weighted by Crippen LogP contribution is 2.40. The molecular formula is C29H44N6O4. The number of aromatic nitrogens is 2. The van der Waals surface area contributed by atoms with Crippen LogP contribution in [0.2, 0.25) is 0 Å². The van der Waals surface area contributed by atoms with Gasteiger partial charge in [0, 0.05) is 63.3 Å². The average Bonchev–Trinajstić information content (AvgIpc) is 3.18. The summed E-state index contributed by atoms with van der Waals surface area (Å²) < 4.78 is 7.78. The Labute approximate surface area is 231 Å². The van der Waals surface area contributed by atoms with Gasteiger partial charge >= 0.3 is 6.09 Å². The van der Waals surface area contributed by atoms with Gasteiger partial charge < -0.3 is 24.8 Å². The molecule has 4 rings (SSSR count). The van der Waals surface area contributed by atoms with Gasteiger partial charge in [0.2, 0.25) is 12.3 Å². The van der Waals surface area contributed by atoms with Crippen LogP contribution in [0.15, 0.2) is 18.5 Å². The van der Waals surface area contributed by atoms with Crippen LogP contribution >= 0.6 is 0 Å². The van der Waals surface area contributed by atoms with Crippen LogP contribution < -0.4 is 10.6 Å². The number of nitrogens with zero attached hydrogens (tertiary/aromatic N) is 4. The van der Waals surface area contributed by atoms with Crippen molar-refractivity contribution in [2.75, 3.05) is 44.6 Å². The number of aryl methyl sites for hydroxylation is 1. The smallest absolute Gasteiger partial charge is 0.410 e. The number of pyridine rings is 1. The molecule has 10 heteroatoms. The Balaban J connectivity index is 1.22. The zero-order valence-electron chi connectivity index (χ0n) is 24.0. The van der Waals surface area contributed by atoms with Gasteiger partial charge in [0.25, 0.3) is 0 Å². The van der Waals surface area contributed by atoms with Crippen LogP contribution in [0.5, 0.6) is 0 Å². The predicted octanol–water partition coefficient (Wildman–Crippen LogP) is 3.95. The molecule has 1 saturated carbocycles. The Bertz CT molecular complexity index is 1160. The Morgan fingerprint density at radius 2 is 1.90 bits per heavy atom. The van der Waals surface area contributed by atoms with E-state index in [0.717, 1.165) is 61.7 Å². The second-order valence-electron chi connectivity index (χ2n) is 12.2. The van der Waals surface area contributed by atoms with Gasteiger partial charge in [0.1, 0.15) is 11.2 Å². The number of hydrogen-bond donors (Lipinski definition) is 2. The fourth-order valence-electron chi connectivity index (χ4n) is 5.78. The van der Waals surface area contributed by atoms with Gasteiger partial charge in [0.05, 0.1) is 11.9 Å². The molecule has 2 aliphatic rings. The van der Waals surface area contributed by atoms with E-state index in [1.807, 2.05) is 31.7 Å². The summed E-state index contributed by atoms with van der Waals surface area (Å²) in [4.78, 5) is 43.8. The Hall–Kier alpha value is -3.14. The van der Waals surface area contributed by atoms with E-state index in [-0.39, 0.29) is 18.4 Å². The molecule has 0 bridgehead atoms. The summed E-state index contributed by atoms with van der Waals surface area (Å²) in [5.41, 5.74) is 2.30. The van der Waals surface area contributed by atoms with Crippen LogP contribution in [0, 0.1) is 18.8 Å². The Morgan fingerprint density at radius 1 is 1.18 bits per heavy atom. The molecule has 2 aromatic heterocycles. The first kappa shape index (κ1) is 28.9. The van der Waals surface area contributed by atoms with Gasteiger partial charge in [-0.15, -0.1) is 0 Å². The van der Waals surface area contributed by atoms with Crippen LogP contribution in [0.25, 0.3) is 11.0 Å². The first-order valence-corrected chi connectivity index (χ1v) is 14.2. The summed E-state index contributed by atoms with van der Waals surface area (Å²) in [5, 5.41) is 6.41. The number of hydrogen-bond acceptors (Lipinski definition) is 6. The second-order valence-corrected chi connectivity index (χ2v) is 12.2. The number of fused-ring (bicyclic) bond motifs is 1. The molecule has 0 spiro atoms. The molecule has 39 heavy (non-hydrogen) atoms. The maximum atomic E-state index is 12.3. The quantitative estimate of drug-likeness (QED) is 0.349. The molecule has 2 fully saturated rings. The van der Waals surface area contributed by atoms with E-state index >= 15 is 0 Å². The highest BCUT2D eigenvalue weighted by Gasteiger charge is 2.33. The lowest BCUT2D eigenvalue weighted by atomic mass is 9.72. The highest BCUT2D eigenvalue weighted by atomic mass is 16.6. The van der Waals surface area contributed by atoms with Gasteiger partial charge in [-0.05, 0) is 77.3 Å². The first-order valence-electron chi connectivity index (χ1n) is 14.2. The molecule has 3 amide bonds. The molecule has 1 unspecified atom stereocenters. The number of amides is 3. The minimum Gasteiger partial charge on any atom is -0.444 e. The summed E-state index contributed by atoms with van der Waals surface area (Å²) in [6, 6.07) is 2.32. The van der Waals surface area contributed by atoms with Crippen LogP contribution in [0.1, 0.15) is 65.0 Å². The summed E-state index contributed by atoms with van der Waals surface area (Å²) in [6.45, 7) is 14.8. The largest absolute Gasteiger partial charge is 0.444 e. The monoisotopic (exact) mass is 540 g/mol. The molecule has 2 aromatic rings. The van der Waals surface area contributed by atoms with E-state index in [2.05, 4.69) is 45.1 Å². The van der Waals surface area contributed by atoms with Crippen LogP contribution in [-0.2, 0) is 14.3 Å². The second kappa shape index (κ2) is 12.4. The third-order valence-corrected chi connectivity index (χ3v) is 7.76. The molecule has 214 valence electrons. The SMILES string of the molecule is Cc1cn(C(C)CC2CC(CN3CCN(C(=O)OC(C)(C)C)CC3)C2)c2ncc(NC(=O)CCNC=O)cc12. The summed E-state index contributed by atoms with van der Waals surface area (Å²) in [6.07, 6.45) is 8.10. The zero-order valence-corrected chi connectivity index (χ0v) is 24.0. The van der Waals surface area contributed by atoms with Crippen LogP contribution in [0.3, 0.4) is 0 Å². The molecule has 0 radical (unpaired) electrons. The lowest BCUT2D eigenvalue weighted by Crippen LogP contribution is -2.51. The van der Waals surface area contributed by atoms with Crippen molar-refractivity contribution in [3.8, 4) is 0 Å². The van der Waals surface area contributed by atoms with Crippen molar-refractivity contribution in [1.82, 2.24) is 24.7 Å². The zero-order chi connectivity index (χ0) is 28.2. The normalized spacial score (nSPS) is 20.8. The lowest BCUT2D eigenvalue weighted by molar-refractivity contribution is -0.116. The maximum absolute atomic E-state index is 12.3. The van der Waals surface area contributed by atoms with Gasteiger partial charge in [-0.1, -0.05) is 0 Å². The molecule has 10 nitrogen and oxygen atoms in total. The van der Waals surface area contributed by atoms with Gasteiger partial charge in [0.15, 0.2) is 0 Å². The van der Waals surface area contributed by atoms with Crippen molar-refractivity contribution in [1.29, 1.82) is 0 Å². The van der Waals surface area contributed by atoms with Crippen molar-refractivity contribution >= 4 is 35.1 Å². The molecule has 1 atom stereocenters. The molecule has 0 aromatic carbocycles. The van der Waals surface area contributed by atoms with E-state index in [9.17, 15) is 14.4 Å². The topological polar surface area (TPSA) is 109 Å². The number of anilines is 1. The van der Waals surface area contributed by atoms with E-state index in [0.29, 0.717) is 30.6 Å². The third-order valence-electron chi connectivity index (χ3n) is 7.76.